The molecule has 0 bridgehead atoms. The average Bonchev–Trinajstić information content (AvgIpc) is 3.01. The highest BCUT2D eigenvalue weighted by Crippen LogP contribution is 2.20. The van der Waals surface area contributed by atoms with Crippen LogP contribution in [0.3, 0.4) is 0 Å². The van der Waals surface area contributed by atoms with Crippen molar-refractivity contribution in [2.45, 2.75) is 72.1 Å². The van der Waals surface area contributed by atoms with Crippen molar-refractivity contribution in [3.05, 3.63) is 12.5 Å². The van der Waals surface area contributed by atoms with Gasteiger partial charge in [-0.15, -0.1) is 0 Å². The van der Waals surface area contributed by atoms with Gasteiger partial charge in [-0.05, 0) is 25.7 Å². The number of nitrogens with one attached hydrogen (secondary N) is 2. The summed E-state index contributed by atoms with van der Waals surface area (Å²) in [6.45, 7) is 10.1. The van der Waals surface area contributed by atoms with Crippen LogP contribution in [-0.2, 0) is 19.9 Å². The van der Waals surface area contributed by atoms with Crippen molar-refractivity contribution < 1.29 is 24.6 Å². The predicted molar refractivity (Wildman–Crippen MR) is 100 cm³/mol. The van der Waals surface area contributed by atoms with Gasteiger partial charge in [0.25, 0.3) is 0 Å². The van der Waals surface area contributed by atoms with E-state index in [2.05, 4.69) is 15.6 Å². The number of carbonyl (C=O) groups excluding carboxylic acids is 2. The van der Waals surface area contributed by atoms with Gasteiger partial charge in [-0.2, -0.15) is 0 Å². The predicted octanol–water partition coefficient (Wildman–Crippen LogP) is 1.33. The molecule has 0 saturated heterocycles. The number of aliphatic hydroxyl groups excluding tert-OH is 1. The Bertz CT molecular complexity index is 690. The maximum absolute atomic E-state index is 12.5. The molecule has 9 heteroatoms. The highest BCUT2D eigenvalue weighted by molar-refractivity contribution is 5.97. The first-order chi connectivity index (χ1) is 12.3. The maximum atomic E-state index is 12.5. The molecule has 0 aliphatic heterocycles. The van der Waals surface area contributed by atoms with E-state index in [-0.39, 0.29) is 5.82 Å². The molecule has 0 fully saturated rings. The van der Waals surface area contributed by atoms with Gasteiger partial charge < -0.3 is 25.4 Å². The summed E-state index contributed by atoms with van der Waals surface area (Å²) in [5.41, 5.74) is -1.87. The van der Waals surface area contributed by atoms with Crippen molar-refractivity contribution in [2.75, 3.05) is 5.32 Å². The van der Waals surface area contributed by atoms with Crippen molar-refractivity contribution in [2.24, 2.45) is 5.41 Å². The van der Waals surface area contributed by atoms with E-state index < -0.39 is 40.9 Å². The standard InChI is InChI=1S/C18H30N4O5/c1-7-8-11(20-15(25)13(23)17(2,3)4)14(24)21-12-9-22(10-19-12)18(5,6)16(26)27/h9-11,13,23H,7-8H2,1-6H3,(H,20,25)(H,21,24)(H,26,27). The number of nitrogens with zero attached hydrogens (tertiary/aromatic N) is 2. The zero-order valence-electron chi connectivity index (χ0n) is 16.7. The molecule has 0 radical (unpaired) electrons. The number of amides is 2. The maximum Gasteiger partial charge on any atom is 0.329 e. The Morgan fingerprint density at radius 3 is 2.26 bits per heavy atom. The van der Waals surface area contributed by atoms with E-state index in [1.807, 2.05) is 6.92 Å². The van der Waals surface area contributed by atoms with Crippen LogP contribution < -0.4 is 10.6 Å². The molecule has 0 aliphatic rings. The van der Waals surface area contributed by atoms with Gasteiger partial charge in [-0.1, -0.05) is 34.1 Å². The van der Waals surface area contributed by atoms with Crippen LogP contribution in [0, 0.1) is 5.41 Å². The minimum Gasteiger partial charge on any atom is -0.480 e. The molecular formula is C18H30N4O5. The molecule has 2 atom stereocenters. The van der Waals surface area contributed by atoms with E-state index in [1.165, 1.54) is 30.9 Å². The lowest BCUT2D eigenvalue weighted by atomic mass is 9.88. The van der Waals surface area contributed by atoms with Crippen LogP contribution >= 0.6 is 0 Å². The molecule has 2 unspecified atom stereocenters. The van der Waals surface area contributed by atoms with Gasteiger partial charge in [0.15, 0.2) is 5.82 Å². The first kappa shape index (κ1) is 22.6. The molecule has 2 amide bonds. The van der Waals surface area contributed by atoms with Gasteiger partial charge in [0.05, 0.1) is 6.33 Å². The highest BCUT2D eigenvalue weighted by atomic mass is 16.4. The quantitative estimate of drug-likeness (QED) is 0.536. The van der Waals surface area contributed by atoms with Gasteiger partial charge in [-0.3, -0.25) is 9.59 Å². The number of aliphatic carboxylic acids is 1. The molecule has 0 saturated carbocycles. The normalized spacial score (nSPS) is 14.3. The Morgan fingerprint density at radius 1 is 1.19 bits per heavy atom. The van der Waals surface area contributed by atoms with Crippen LogP contribution in [0.25, 0.3) is 0 Å². The van der Waals surface area contributed by atoms with E-state index >= 15 is 0 Å². The number of carboxylic acids is 1. The Hall–Kier alpha value is -2.42. The summed E-state index contributed by atoms with van der Waals surface area (Å²) in [5.74, 6) is -1.95. The van der Waals surface area contributed by atoms with Crippen LogP contribution in [-0.4, -0.2) is 49.7 Å². The molecule has 0 aliphatic carbocycles. The second-order valence-electron chi connectivity index (χ2n) is 8.14. The molecule has 0 aromatic carbocycles. The van der Waals surface area contributed by atoms with Gasteiger partial charge >= 0.3 is 5.97 Å². The van der Waals surface area contributed by atoms with Crippen LogP contribution in [0.2, 0.25) is 0 Å². The smallest absolute Gasteiger partial charge is 0.329 e. The number of hydrogen-bond acceptors (Lipinski definition) is 5. The summed E-state index contributed by atoms with van der Waals surface area (Å²) in [5, 5.41) is 24.5. The van der Waals surface area contributed by atoms with Crippen molar-refractivity contribution in [3.8, 4) is 0 Å². The fourth-order valence-electron chi connectivity index (χ4n) is 2.22. The van der Waals surface area contributed by atoms with E-state index in [0.29, 0.717) is 12.8 Å². The molecule has 152 valence electrons. The Balaban J connectivity index is 2.87. The zero-order chi connectivity index (χ0) is 21.0. The number of carboxylic acid groups (broad SMARTS) is 1. The van der Waals surface area contributed by atoms with E-state index in [0.717, 1.165) is 0 Å². The first-order valence-corrected chi connectivity index (χ1v) is 8.87. The zero-order valence-corrected chi connectivity index (χ0v) is 16.7. The molecule has 4 N–H and O–H groups in total. The fraction of sp³-hybridized carbons (Fsp3) is 0.667. The fourth-order valence-corrected chi connectivity index (χ4v) is 2.22. The van der Waals surface area contributed by atoms with Gasteiger partial charge in [0, 0.05) is 6.20 Å². The minimum atomic E-state index is -1.25. The Morgan fingerprint density at radius 2 is 1.78 bits per heavy atom. The van der Waals surface area contributed by atoms with Crippen LogP contribution in [0.15, 0.2) is 12.5 Å². The summed E-state index contributed by atoms with van der Waals surface area (Å²) < 4.78 is 1.38. The molecular weight excluding hydrogens is 352 g/mol. The third-order valence-electron chi connectivity index (χ3n) is 4.28. The van der Waals surface area contributed by atoms with Gasteiger partial charge in [0.1, 0.15) is 17.7 Å². The van der Waals surface area contributed by atoms with Crippen LogP contribution in [0.4, 0.5) is 5.82 Å². The second kappa shape index (κ2) is 8.51. The Kier molecular flexibility index (Phi) is 7.13. The molecule has 9 nitrogen and oxygen atoms in total. The van der Waals surface area contributed by atoms with Crippen molar-refractivity contribution >= 4 is 23.6 Å². The molecule has 1 heterocycles. The molecule has 1 aromatic rings. The van der Waals surface area contributed by atoms with Crippen LogP contribution in [0.1, 0.15) is 54.4 Å². The minimum absolute atomic E-state index is 0.182. The largest absolute Gasteiger partial charge is 0.480 e. The second-order valence-corrected chi connectivity index (χ2v) is 8.14. The number of carbonyl (C=O) groups is 3. The Labute approximate surface area is 159 Å². The van der Waals surface area contributed by atoms with Gasteiger partial charge in [0.2, 0.25) is 11.8 Å². The third kappa shape index (κ3) is 5.78. The monoisotopic (exact) mass is 382 g/mol. The van der Waals surface area contributed by atoms with Crippen molar-refractivity contribution in [1.82, 2.24) is 14.9 Å². The summed E-state index contributed by atoms with van der Waals surface area (Å²) in [7, 11) is 0. The van der Waals surface area contributed by atoms with Crippen LogP contribution in [0.5, 0.6) is 0 Å². The molecule has 1 aromatic heterocycles. The number of rotatable bonds is 8. The number of hydrogen-bond donors (Lipinski definition) is 4. The summed E-state index contributed by atoms with van der Waals surface area (Å²) >= 11 is 0. The summed E-state index contributed by atoms with van der Waals surface area (Å²) in [6, 6.07) is -0.836. The molecule has 1 rings (SSSR count). The average molecular weight is 382 g/mol. The number of imidazole rings is 1. The first-order valence-electron chi connectivity index (χ1n) is 8.87. The number of aliphatic hydroxyl groups is 1. The lowest BCUT2D eigenvalue weighted by Crippen LogP contribution is -2.50. The van der Waals surface area contributed by atoms with Crippen molar-refractivity contribution in [1.29, 1.82) is 0 Å². The number of anilines is 1. The van der Waals surface area contributed by atoms with E-state index in [1.54, 1.807) is 20.8 Å². The van der Waals surface area contributed by atoms with Crippen molar-refractivity contribution in [3.63, 3.8) is 0 Å². The summed E-state index contributed by atoms with van der Waals surface area (Å²) in [4.78, 5) is 40.1. The highest BCUT2D eigenvalue weighted by Gasteiger charge is 2.32. The van der Waals surface area contributed by atoms with E-state index in [4.69, 9.17) is 0 Å². The third-order valence-corrected chi connectivity index (χ3v) is 4.28. The lowest BCUT2D eigenvalue weighted by molar-refractivity contribution is -0.145. The van der Waals surface area contributed by atoms with Gasteiger partial charge in [-0.25, -0.2) is 9.78 Å². The molecule has 27 heavy (non-hydrogen) atoms. The lowest BCUT2D eigenvalue weighted by Gasteiger charge is -2.27. The summed E-state index contributed by atoms with van der Waals surface area (Å²) in [6.07, 6.45) is 2.52. The van der Waals surface area contributed by atoms with E-state index in [9.17, 15) is 24.6 Å². The number of aromatic nitrogens is 2. The SMILES string of the molecule is CCCC(NC(=O)C(O)C(C)(C)C)C(=O)Nc1cn(C(C)(C)C(=O)O)cn1. The topological polar surface area (TPSA) is 134 Å². The molecule has 0 spiro atoms.